The SMILES string of the molecule is O=C(CC1Cc2ccc(Cl)cc2C1)C1CCN[C@H]1C(=O)N1CCCC1. The van der Waals surface area contributed by atoms with Crippen molar-refractivity contribution in [1.82, 2.24) is 10.2 Å². The van der Waals surface area contributed by atoms with Gasteiger partial charge in [0.25, 0.3) is 0 Å². The Morgan fingerprint density at radius 3 is 2.72 bits per heavy atom. The van der Waals surface area contributed by atoms with Crippen LogP contribution in [0, 0.1) is 11.8 Å². The van der Waals surface area contributed by atoms with Crippen LogP contribution in [-0.2, 0) is 22.4 Å². The molecule has 4 rings (SSSR count). The lowest BCUT2D eigenvalue weighted by atomic mass is 9.87. The zero-order valence-electron chi connectivity index (χ0n) is 14.5. The van der Waals surface area contributed by atoms with Crippen molar-refractivity contribution < 1.29 is 9.59 Å². The minimum absolute atomic E-state index is 0.134. The summed E-state index contributed by atoms with van der Waals surface area (Å²) in [6.45, 7) is 2.45. The molecule has 25 heavy (non-hydrogen) atoms. The Bertz CT molecular complexity index is 684. The highest BCUT2D eigenvalue weighted by Gasteiger charge is 2.40. The van der Waals surface area contributed by atoms with Gasteiger partial charge in [0, 0.05) is 30.5 Å². The molecular formula is C20H25ClN2O2. The molecule has 4 nitrogen and oxygen atoms in total. The summed E-state index contributed by atoms with van der Waals surface area (Å²) in [5.74, 6) is 0.589. The molecule has 2 aliphatic heterocycles. The fourth-order valence-corrected chi connectivity index (χ4v) is 4.90. The van der Waals surface area contributed by atoms with Crippen molar-refractivity contribution in [3.63, 3.8) is 0 Å². The van der Waals surface area contributed by atoms with Gasteiger partial charge in [-0.15, -0.1) is 0 Å². The minimum atomic E-state index is -0.302. The van der Waals surface area contributed by atoms with Gasteiger partial charge in [-0.05, 0) is 67.8 Å². The van der Waals surface area contributed by atoms with E-state index in [-0.39, 0.29) is 23.7 Å². The average Bonchev–Trinajstić information content (AvgIpc) is 3.33. The van der Waals surface area contributed by atoms with Gasteiger partial charge in [-0.2, -0.15) is 0 Å². The van der Waals surface area contributed by atoms with Gasteiger partial charge in [0.2, 0.25) is 5.91 Å². The van der Waals surface area contributed by atoms with Crippen molar-refractivity contribution in [3.8, 4) is 0 Å². The summed E-state index contributed by atoms with van der Waals surface area (Å²) in [4.78, 5) is 27.6. The van der Waals surface area contributed by atoms with Crippen LogP contribution < -0.4 is 5.32 Å². The maximum absolute atomic E-state index is 12.9. The first-order chi connectivity index (χ1) is 12.1. The number of hydrogen-bond donors (Lipinski definition) is 1. The Morgan fingerprint density at radius 2 is 1.92 bits per heavy atom. The number of benzene rings is 1. The van der Waals surface area contributed by atoms with Crippen LogP contribution in [0.4, 0.5) is 0 Å². The third-order valence-corrected chi connectivity index (χ3v) is 6.23. The van der Waals surface area contributed by atoms with Gasteiger partial charge in [-0.3, -0.25) is 9.59 Å². The van der Waals surface area contributed by atoms with Crippen molar-refractivity contribution >= 4 is 23.3 Å². The fourth-order valence-electron chi connectivity index (χ4n) is 4.70. The van der Waals surface area contributed by atoms with E-state index >= 15 is 0 Å². The molecule has 2 heterocycles. The molecule has 5 heteroatoms. The van der Waals surface area contributed by atoms with E-state index < -0.39 is 0 Å². The summed E-state index contributed by atoms with van der Waals surface area (Å²) in [6.07, 6.45) is 5.40. The van der Waals surface area contributed by atoms with Crippen LogP contribution in [0.3, 0.4) is 0 Å². The third kappa shape index (κ3) is 3.47. The van der Waals surface area contributed by atoms with E-state index in [1.54, 1.807) is 0 Å². The maximum Gasteiger partial charge on any atom is 0.240 e. The van der Waals surface area contributed by atoms with Crippen LogP contribution in [0.2, 0.25) is 5.02 Å². The molecule has 1 aromatic rings. The molecule has 2 unspecified atom stereocenters. The van der Waals surface area contributed by atoms with Gasteiger partial charge in [-0.25, -0.2) is 0 Å². The molecule has 3 aliphatic rings. The standard InChI is InChI=1S/C20H25ClN2O2/c21-16-4-3-14-9-13(10-15(14)12-16)11-18(24)17-5-6-22-19(17)20(25)23-7-1-2-8-23/h3-4,12-13,17,19,22H,1-2,5-11H2/t13?,17?,19-/m1/s1. The van der Waals surface area contributed by atoms with E-state index in [0.29, 0.717) is 12.3 Å². The lowest BCUT2D eigenvalue weighted by Crippen LogP contribution is -2.47. The van der Waals surface area contributed by atoms with Gasteiger partial charge in [-0.1, -0.05) is 17.7 Å². The quantitative estimate of drug-likeness (QED) is 0.898. The van der Waals surface area contributed by atoms with Gasteiger partial charge in [0.1, 0.15) is 5.78 Å². The van der Waals surface area contributed by atoms with Gasteiger partial charge in [0.15, 0.2) is 0 Å². The molecule has 1 aliphatic carbocycles. The molecule has 3 atom stereocenters. The number of fused-ring (bicyclic) bond motifs is 1. The maximum atomic E-state index is 12.9. The Kier molecular flexibility index (Phi) is 4.83. The number of carbonyl (C=O) groups excluding carboxylic acids is 2. The van der Waals surface area contributed by atoms with E-state index in [0.717, 1.165) is 56.8 Å². The number of Topliss-reactive ketones (excluding diaryl/α,β-unsaturated/α-hetero) is 1. The second kappa shape index (κ2) is 7.08. The zero-order chi connectivity index (χ0) is 17.4. The smallest absolute Gasteiger partial charge is 0.240 e. The second-order valence-corrected chi connectivity index (χ2v) is 8.15. The number of halogens is 1. The summed E-state index contributed by atoms with van der Waals surface area (Å²) in [5, 5.41) is 4.05. The first-order valence-corrected chi connectivity index (χ1v) is 9.82. The van der Waals surface area contributed by atoms with Crippen LogP contribution in [0.5, 0.6) is 0 Å². The van der Waals surface area contributed by atoms with Crippen molar-refractivity contribution in [3.05, 3.63) is 34.3 Å². The largest absolute Gasteiger partial charge is 0.341 e. The molecule has 0 radical (unpaired) electrons. The van der Waals surface area contributed by atoms with Gasteiger partial charge >= 0.3 is 0 Å². The number of ketones is 1. The van der Waals surface area contributed by atoms with Crippen molar-refractivity contribution in [2.45, 2.75) is 44.6 Å². The molecule has 0 spiro atoms. The number of hydrogen-bond acceptors (Lipinski definition) is 3. The second-order valence-electron chi connectivity index (χ2n) is 7.72. The van der Waals surface area contributed by atoms with Crippen molar-refractivity contribution in [2.24, 2.45) is 11.8 Å². The summed E-state index contributed by atoms with van der Waals surface area (Å²) >= 11 is 6.08. The molecule has 0 bridgehead atoms. The Balaban J connectivity index is 1.38. The van der Waals surface area contributed by atoms with Gasteiger partial charge in [0.05, 0.1) is 6.04 Å². The first-order valence-electron chi connectivity index (χ1n) is 9.44. The van der Waals surface area contributed by atoms with E-state index in [4.69, 9.17) is 11.6 Å². The summed E-state index contributed by atoms with van der Waals surface area (Å²) < 4.78 is 0. The van der Waals surface area contributed by atoms with E-state index in [1.165, 1.54) is 11.1 Å². The monoisotopic (exact) mass is 360 g/mol. The minimum Gasteiger partial charge on any atom is -0.341 e. The van der Waals surface area contributed by atoms with Crippen LogP contribution >= 0.6 is 11.6 Å². The normalized spacial score (nSPS) is 28.4. The van der Waals surface area contributed by atoms with Crippen molar-refractivity contribution in [2.75, 3.05) is 19.6 Å². The highest BCUT2D eigenvalue weighted by atomic mass is 35.5. The number of rotatable bonds is 4. The Morgan fingerprint density at radius 1 is 1.16 bits per heavy atom. The van der Waals surface area contributed by atoms with Crippen LogP contribution in [-0.4, -0.2) is 42.3 Å². The molecular weight excluding hydrogens is 336 g/mol. The lowest BCUT2D eigenvalue weighted by molar-refractivity contribution is -0.136. The highest BCUT2D eigenvalue weighted by molar-refractivity contribution is 6.30. The fraction of sp³-hybridized carbons (Fsp3) is 0.600. The molecule has 0 saturated carbocycles. The van der Waals surface area contributed by atoms with Crippen LogP contribution in [0.25, 0.3) is 0 Å². The van der Waals surface area contributed by atoms with Crippen molar-refractivity contribution in [1.29, 1.82) is 0 Å². The molecule has 0 aromatic heterocycles. The molecule has 134 valence electrons. The molecule has 2 saturated heterocycles. The van der Waals surface area contributed by atoms with E-state index in [2.05, 4.69) is 11.4 Å². The number of nitrogens with zero attached hydrogens (tertiary/aromatic N) is 1. The topological polar surface area (TPSA) is 49.4 Å². The number of nitrogens with one attached hydrogen (secondary N) is 1. The highest BCUT2D eigenvalue weighted by Crippen LogP contribution is 2.33. The van der Waals surface area contributed by atoms with E-state index in [1.807, 2.05) is 17.0 Å². The Hall–Kier alpha value is -1.39. The number of carbonyl (C=O) groups is 2. The first kappa shape index (κ1) is 17.0. The van der Waals surface area contributed by atoms with Crippen LogP contribution in [0.15, 0.2) is 18.2 Å². The Labute approximate surface area is 153 Å². The predicted octanol–water partition coefficient (Wildman–Crippen LogP) is 2.61. The third-order valence-electron chi connectivity index (χ3n) is 5.99. The van der Waals surface area contributed by atoms with Crippen LogP contribution in [0.1, 0.15) is 36.8 Å². The molecule has 1 aromatic carbocycles. The summed E-state index contributed by atoms with van der Waals surface area (Å²) in [7, 11) is 0. The molecule has 1 amide bonds. The van der Waals surface area contributed by atoms with E-state index in [9.17, 15) is 9.59 Å². The summed E-state index contributed by atoms with van der Waals surface area (Å²) in [6, 6.07) is 5.73. The number of amides is 1. The molecule has 2 fully saturated rings. The predicted molar refractivity (Wildman–Crippen MR) is 97.7 cm³/mol. The summed E-state index contributed by atoms with van der Waals surface area (Å²) in [5.41, 5.74) is 2.59. The zero-order valence-corrected chi connectivity index (χ0v) is 15.2. The lowest BCUT2D eigenvalue weighted by Gasteiger charge is -2.24. The van der Waals surface area contributed by atoms with Gasteiger partial charge < -0.3 is 10.2 Å². The number of likely N-dealkylation sites (tertiary alicyclic amines) is 1. The average molecular weight is 361 g/mol. The molecule has 1 N–H and O–H groups in total.